The van der Waals surface area contributed by atoms with Crippen molar-refractivity contribution < 1.29 is 9.59 Å². The van der Waals surface area contributed by atoms with Crippen LogP contribution in [0.25, 0.3) is 0 Å². The number of benzene rings is 2. The molecular formula is C16H15BrN2O2. The molecule has 2 amide bonds. The van der Waals surface area contributed by atoms with E-state index in [1.807, 2.05) is 12.1 Å². The van der Waals surface area contributed by atoms with Crippen LogP contribution < -0.4 is 5.73 Å². The van der Waals surface area contributed by atoms with Crippen LogP contribution in [-0.2, 0) is 6.54 Å². The van der Waals surface area contributed by atoms with Gasteiger partial charge in [-0.25, -0.2) is 0 Å². The second-order valence-corrected chi connectivity index (χ2v) is 5.64. The lowest BCUT2D eigenvalue weighted by Crippen LogP contribution is -2.26. The standard InChI is InChI=1S/C16H15BrN2O2/c1-19(16(21)13-6-8-14(17)9-7-13)10-11-2-4-12(5-3-11)15(18)20/h2-9H,10H2,1H3,(H2,18,20). The van der Waals surface area contributed by atoms with Gasteiger partial charge in [0.1, 0.15) is 0 Å². The molecular weight excluding hydrogens is 332 g/mol. The highest BCUT2D eigenvalue weighted by Gasteiger charge is 2.12. The van der Waals surface area contributed by atoms with Gasteiger partial charge in [0.25, 0.3) is 5.91 Å². The van der Waals surface area contributed by atoms with Gasteiger partial charge >= 0.3 is 0 Å². The van der Waals surface area contributed by atoms with Crippen LogP contribution in [0.3, 0.4) is 0 Å². The zero-order valence-electron chi connectivity index (χ0n) is 11.5. The summed E-state index contributed by atoms with van der Waals surface area (Å²) in [4.78, 5) is 24.9. The van der Waals surface area contributed by atoms with Crippen molar-refractivity contribution in [3.63, 3.8) is 0 Å². The van der Waals surface area contributed by atoms with Crippen LogP contribution in [0.1, 0.15) is 26.3 Å². The number of primary amides is 1. The zero-order valence-corrected chi connectivity index (χ0v) is 13.1. The summed E-state index contributed by atoms with van der Waals surface area (Å²) in [7, 11) is 1.74. The number of nitrogens with zero attached hydrogens (tertiary/aromatic N) is 1. The van der Waals surface area contributed by atoms with Crippen LogP contribution >= 0.6 is 15.9 Å². The molecule has 0 saturated heterocycles. The molecule has 0 aromatic heterocycles. The van der Waals surface area contributed by atoms with E-state index < -0.39 is 5.91 Å². The quantitative estimate of drug-likeness (QED) is 0.924. The minimum atomic E-state index is -0.458. The lowest BCUT2D eigenvalue weighted by Gasteiger charge is -2.17. The Balaban J connectivity index is 2.06. The zero-order chi connectivity index (χ0) is 15.4. The molecule has 5 heteroatoms. The van der Waals surface area contributed by atoms with E-state index in [9.17, 15) is 9.59 Å². The van der Waals surface area contributed by atoms with Gasteiger partial charge < -0.3 is 10.6 Å². The van der Waals surface area contributed by atoms with E-state index in [1.165, 1.54) is 0 Å². The van der Waals surface area contributed by atoms with Crippen molar-refractivity contribution in [3.8, 4) is 0 Å². The van der Waals surface area contributed by atoms with E-state index in [-0.39, 0.29) is 5.91 Å². The number of nitrogens with two attached hydrogens (primary N) is 1. The minimum Gasteiger partial charge on any atom is -0.366 e. The van der Waals surface area contributed by atoms with Gasteiger partial charge in [-0.15, -0.1) is 0 Å². The van der Waals surface area contributed by atoms with Crippen LogP contribution in [-0.4, -0.2) is 23.8 Å². The monoisotopic (exact) mass is 346 g/mol. The third-order valence-electron chi connectivity index (χ3n) is 3.10. The van der Waals surface area contributed by atoms with Crippen LogP contribution in [0.5, 0.6) is 0 Å². The number of halogens is 1. The van der Waals surface area contributed by atoms with E-state index in [4.69, 9.17) is 5.73 Å². The summed E-state index contributed by atoms with van der Waals surface area (Å²) in [5.74, 6) is -0.512. The molecule has 0 fully saturated rings. The van der Waals surface area contributed by atoms with E-state index in [1.54, 1.807) is 48.3 Å². The molecule has 4 nitrogen and oxygen atoms in total. The third-order valence-corrected chi connectivity index (χ3v) is 3.62. The van der Waals surface area contributed by atoms with Gasteiger partial charge in [0.2, 0.25) is 5.91 Å². The lowest BCUT2D eigenvalue weighted by molar-refractivity contribution is 0.0784. The average Bonchev–Trinajstić information content (AvgIpc) is 2.47. The number of rotatable bonds is 4. The molecule has 0 bridgehead atoms. The van der Waals surface area contributed by atoms with Crippen molar-refractivity contribution in [2.45, 2.75) is 6.54 Å². The number of hydrogen-bond donors (Lipinski definition) is 1. The van der Waals surface area contributed by atoms with Crippen LogP contribution in [0.2, 0.25) is 0 Å². The first kappa shape index (κ1) is 15.3. The maximum Gasteiger partial charge on any atom is 0.253 e. The largest absolute Gasteiger partial charge is 0.366 e. The molecule has 0 atom stereocenters. The summed E-state index contributed by atoms with van der Waals surface area (Å²) in [5.41, 5.74) is 7.22. The van der Waals surface area contributed by atoms with Gasteiger partial charge in [0, 0.05) is 29.2 Å². The van der Waals surface area contributed by atoms with Gasteiger partial charge in [0.05, 0.1) is 0 Å². The SMILES string of the molecule is CN(Cc1ccc(C(N)=O)cc1)C(=O)c1ccc(Br)cc1. The summed E-state index contributed by atoms with van der Waals surface area (Å²) in [5, 5.41) is 0. The summed E-state index contributed by atoms with van der Waals surface area (Å²) < 4.78 is 0.934. The molecule has 2 aromatic carbocycles. The van der Waals surface area contributed by atoms with E-state index in [2.05, 4.69) is 15.9 Å². The summed E-state index contributed by atoms with van der Waals surface area (Å²) >= 11 is 3.34. The van der Waals surface area contributed by atoms with Crippen molar-refractivity contribution in [2.75, 3.05) is 7.05 Å². The van der Waals surface area contributed by atoms with Gasteiger partial charge in [-0.1, -0.05) is 28.1 Å². The lowest BCUT2D eigenvalue weighted by atomic mass is 10.1. The number of hydrogen-bond acceptors (Lipinski definition) is 2. The topological polar surface area (TPSA) is 63.4 Å². The molecule has 108 valence electrons. The molecule has 0 aliphatic carbocycles. The number of carbonyl (C=O) groups is 2. The first-order chi connectivity index (χ1) is 9.97. The Labute approximate surface area is 131 Å². The Morgan fingerprint density at radius 3 is 2.05 bits per heavy atom. The fourth-order valence-electron chi connectivity index (χ4n) is 1.93. The molecule has 2 aromatic rings. The number of amides is 2. The van der Waals surface area contributed by atoms with Crippen molar-refractivity contribution in [1.82, 2.24) is 4.90 Å². The molecule has 21 heavy (non-hydrogen) atoms. The van der Waals surface area contributed by atoms with Crippen molar-refractivity contribution in [3.05, 3.63) is 69.7 Å². The second kappa shape index (κ2) is 6.54. The summed E-state index contributed by atoms with van der Waals surface area (Å²) in [6, 6.07) is 14.1. The van der Waals surface area contributed by atoms with Crippen LogP contribution in [0.15, 0.2) is 53.0 Å². The van der Waals surface area contributed by atoms with Crippen LogP contribution in [0.4, 0.5) is 0 Å². The van der Waals surface area contributed by atoms with Crippen LogP contribution in [0, 0.1) is 0 Å². The van der Waals surface area contributed by atoms with Gasteiger partial charge in [-0.2, -0.15) is 0 Å². The molecule has 0 spiro atoms. The van der Waals surface area contributed by atoms with E-state index >= 15 is 0 Å². The Hall–Kier alpha value is -2.14. The molecule has 0 heterocycles. The molecule has 0 unspecified atom stereocenters. The van der Waals surface area contributed by atoms with Crippen molar-refractivity contribution in [1.29, 1.82) is 0 Å². The Kier molecular flexibility index (Phi) is 4.75. The van der Waals surface area contributed by atoms with Gasteiger partial charge in [-0.05, 0) is 42.0 Å². The van der Waals surface area contributed by atoms with E-state index in [0.717, 1.165) is 10.0 Å². The van der Waals surface area contributed by atoms with E-state index in [0.29, 0.717) is 17.7 Å². The molecule has 2 rings (SSSR count). The normalized spacial score (nSPS) is 10.2. The fraction of sp³-hybridized carbons (Fsp3) is 0.125. The van der Waals surface area contributed by atoms with Crippen molar-refractivity contribution >= 4 is 27.7 Å². The van der Waals surface area contributed by atoms with Gasteiger partial charge in [-0.3, -0.25) is 9.59 Å². The predicted octanol–water partition coefficient (Wildman–Crippen LogP) is 2.82. The highest BCUT2D eigenvalue weighted by Crippen LogP contribution is 2.13. The summed E-state index contributed by atoms with van der Waals surface area (Å²) in [6.07, 6.45) is 0. The Morgan fingerprint density at radius 1 is 1.00 bits per heavy atom. The maximum atomic E-state index is 12.3. The second-order valence-electron chi connectivity index (χ2n) is 4.73. The fourth-order valence-corrected chi connectivity index (χ4v) is 2.20. The Bertz CT molecular complexity index is 651. The molecule has 0 saturated carbocycles. The molecule has 2 N–H and O–H groups in total. The third kappa shape index (κ3) is 3.92. The highest BCUT2D eigenvalue weighted by atomic mass is 79.9. The van der Waals surface area contributed by atoms with Gasteiger partial charge in [0.15, 0.2) is 0 Å². The highest BCUT2D eigenvalue weighted by molar-refractivity contribution is 9.10. The summed E-state index contributed by atoms with van der Waals surface area (Å²) in [6.45, 7) is 0.466. The van der Waals surface area contributed by atoms with Crippen molar-refractivity contribution in [2.24, 2.45) is 5.73 Å². The smallest absolute Gasteiger partial charge is 0.253 e. The molecule has 0 radical (unpaired) electrons. The molecule has 0 aliphatic heterocycles. The molecule has 0 aliphatic rings. The predicted molar refractivity (Wildman–Crippen MR) is 84.9 cm³/mol. The minimum absolute atomic E-state index is 0.0542. The first-order valence-corrected chi connectivity index (χ1v) is 7.16. The number of carbonyl (C=O) groups excluding carboxylic acids is 2. The Morgan fingerprint density at radius 2 is 1.52 bits per heavy atom. The average molecular weight is 347 g/mol. The maximum absolute atomic E-state index is 12.3. The first-order valence-electron chi connectivity index (χ1n) is 6.37.